The summed E-state index contributed by atoms with van der Waals surface area (Å²) in [6, 6.07) is 14.8. The molecule has 0 bridgehead atoms. The number of amides is 1. The van der Waals surface area contributed by atoms with Gasteiger partial charge in [0.15, 0.2) is 5.69 Å². The Balaban J connectivity index is 1.33. The number of quaternary nitrogens is 1. The predicted molar refractivity (Wildman–Crippen MR) is 129 cm³/mol. The summed E-state index contributed by atoms with van der Waals surface area (Å²) in [7, 11) is 0. The number of imidazole rings is 1. The number of likely N-dealkylation sites (tertiary alicyclic amines) is 1. The fourth-order valence-electron chi connectivity index (χ4n) is 6.85. The number of halogens is 1. The molecular formula is C27H32ClN5O+2. The van der Waals surface area contributed by atoms with Gasteiger partial charge in [-0.05, 0) is 54.8 Å². The average Bonchev–Trinajstić information content (AvgIpc) is 3.55. The summed E-state index contributed by atoms with van der Waals surface area (Å²) in [5.41, 5.74) is 3.72. The Labute approximate surface area is 205 Å². The number of carbonyl (C=O) groups is 1. The molecule has 1 spiro atoms. The van der Waals surface area contributed by atoms with Gasteiger partial charge in [-0.1, -0.05) is 30.3 Å². The number of aryl methyl sites for hydroxylation is 1. The number of aromatic nitrogens is 3. The third-order valence-corrected chi connectivity index (χ3v) is 8.67. The molecule has 1 amide bonds. The van der Waals surface area contributed by atoms with Crippen molar-refractivity contribution in [2.24, 2.45) is 5.92 Å². The van der Waals surface area contributed by atoms with Gasteiger partial charge in [0.25, 0.3) is 5.15 Å². The van der Waals surface area contributed by atoms with E-state index in [1.54, 1.807) is 6.20 Å². The number of carbonyl (C=O) groups excluding carboxylic acids is 1. The summed E-state index contributed by atoms with van der Waals surface area (Å²) in [5, 5.41) is 3.01. The zero-order valence-corrected chi connectivity index (χ0v) is 20.1. The Bertz CT molecular complexity index is 1170. The molecular weight excluding hydrogens is 446 g/mol. The van der Waals surface area contributed by atoms with E-state index in [1.165, 1.54) is 16.8 Å². The smallest absolute Gasteiger partial charge is 0.273 e. The molecule has 2 fully saturated rings. The molecule has 2 saturated heterocycles. The second-order valence-electron chi connectivity index (χ2n) is 10.1. The molecule has 4 atom stereocenters. The van der Waals surface area contributed by atoms with E-state index >= 15 is 0 Å². The minimum absolute atomic E-state index is 0.0288. The molecule has 6 nitrogen and oxygen atoms in total. The van der Waals surface area contributed by atoms with Crippen LogP contribution in [0.15, 0.2) is 54.9 Å². The van der Waals surface area contributed by atoms with Gasteiger partial charge in [-0.25, -0.2) is 4.98 Å². The van der Waals surface area contributed by atoms with Crippen molar-refractivity contribution in [1.82, 2.24) is 14.9 Å². The second kappa shape index (κ2) is 8.82. The summed E-state index contributed by atoms with van der Waals surface area (Å²) >= 11 is 6.28. The molecule has 6 rings (SSSR count). The molecule has 1 aromatic carbocycles. The number of fused-ring (bicyclic) bond motifs is 2. The van der Waals surface area contributed by atoms with Crippen LogP contribution in [0.25, 0.3) is 0 Å². The van der Waals surface area contributed by atoms with Crippen LogP contribution in [0.5, 0.6) is 0 Å². The number of nitrogens with zero attached hydrogens (tertiary/aromatic N) is 2. The van der Waals surface area contributed by atoms with Crippen molar-refractivity contribution in [1.29, 1.82) is 0 Å². The zero-order valence-electron chi connectivity index (χ0n) is 19.3. The van der Waals surface area contributed by atoms with Crippen molar-refractivity contribution in [3.05, 3.63) is 82.7 Å². The third kappa shape index (κ3) is 3.64. The van der Waals surface area contributed by atoms with Crippen LogP contribution in [0.4, 0.5) is 0 Å². The van der Waals surface area contributed by atoms with Gasteiger partial charge in [0.1, 0.15) is 11.7 Å². The normalized spacial score (nSPS) is 28.7. The Morgan fingerprint density at radius 2 is 2.12 bits per heavy atom. The SMILES string of the molecule is O=C([C@@H]1C[NH2+]C[C@]12CCCc1[nH+]c(Cl)ccc12)N1CC[C@@H](c2ccccc2)CC1c1ncc[nH]1. The third-order valence-electron chi connectivity index (χ3n) is 8.45. The highest BCUT2D eigenvalue weighted by Crippen LogP contribution is 2.46. The molecule has 3 aromatic rings. The van der Waals surface area contributed by atoms with Crippen molar-refractivity contribution in [3.63, 3.8) is 0 Å². The molecule has 3 aliphatic rings. The summed E-state index contributed by atoms with van der Waals surface area (Å²) in [5.74, 6) is 1.57. The highest BCUT2D eigenvalue weighted by Gasteiger charge is 2.56. The minimum Gasteiger partial charge on any atom is -0.347 e. The van der Waals surface area contributed by atoms with Crippen LogP contribution >= 0.6 is 11.6 Å². The van der Waals surface area contributed by atoms with Crippen molar-refractivity contribution < 1.29 is 15.1 Å². The summed E-state index contributed by atoms with van der Waals surface area (Å²) in [4.78, 5) is 27.8. The van der Waals surface area contributed by atoms with E-state index in [0.29, 0.717) is 11.1 Å². The topological polar surface area (TPSA) is 79.7 Å². The Kier molecular flexibility index (Phi) is 5.66. The molecule has 34 heavy (non-hydrogen) atoms. The number of nitrogens with two attached hydrogens (primary N) is 1. The molecule has 176 valence electrons. The molecule has 4 heterocycles. The van der Waals surface area contributed by atoms with Crippen LogP contribution in [0.3, 0.4) is 0 Å². The lowest BCUT2D eigenvalue weighted by Gasteiger charge is -2.42. The molecule has 7 heteroatoms. The average molecular weight is 478 g/mol. The number of hydrogen-bond donors (Lipinski definition) is 2. The molecule has 2 aromatic heterocycles. The number of pyridine rings is 1. The first-order valence-corrected chi connectivity index (χ1v) is 12.9. The van der Waals surface area contributed by atoms with E-state index in [4.69, 9.17) is 11.6 Å². The first-order valence-electron chi connectivity index (χ1n) is 12.5. The van der Waals surface area contributed by atoms with Gasteiger partial charge in [0.05, 0.1) is 24.5 Å². The maximum absolute atomic E-state index is 14.3. The van der Waals surface area contributed by atoms with E-state index in [9.17, 15) is 4.79 Å². The standard InChI is InChI=1S/C27H30ClN5O/c28-24-9-8-20-22(32-24)7-4-11-27(20)17-29-16-21(27)26(34)33-14-10-19(18-5-2-1-3-6-18)15-23(33)25-30-12-13-31-25/h1-3,5-6,8-9,12-13,19,21,23,29H,4,7,10-11,14-17H2,(H,30,31)/p+2/t19-,21+,23?,27+/m1/s1. The van der Waals surface area contributed by atoms with Gasteiger partial charge < -0.3 is 15.2 Å². The Morgan fingerprint density at radius 1 is 1.24 bits per heavy atom. The predicted octanol–water partition coefficient (Wildman–Crippen LogP) is 2.79. The van der Waals surface area contributed by atoms with Crippen LogP contribution in [0.1, 0.15) is 60.3 Å². The van der Waals surface area contributed by atoms with Crippen molar-refractivity contribution in [2.45, 2.75) is 49.5 Å². The lowest BCUT2D eigenvalue weighted by Crippen LogP contribution is -2.82. The number of nitrogens with one attached hydrogen (secondary N) is 2. The number of aromatic amines is 2. The van der Waals surface area contributed by atoms with E-state index < -0.39 is 0 Å². The summed E-state index contributed by atoms with van der Waals surface area (Å²) < 4.78 is 0. The maximum Gasteiger partial charge on any atom is 0.273 e. The number of piperidine rings is 1. The van der Waals surface area contributed by atoms with Gasteiger partial charge in [0, 0.05) is 37.0 Å². The van der Waals surface area contributed by atoms with Crippen molar-refractivity contribution >= 4 is 17.5 Å². The molecule has 1 aliphatic carbocycles. The van der Waals surface area contributed by atoms with Gasteiger partial charge in [-0.3, -0.25) is 4.79 Å². The van der Waals surface area contributed by atoms with Crippen molar-refractivity contribution in [3.8, 4) is 0 Å². The number of benzene rings is 1. The number of hydrogen-bond acceptors (Lipinski definition) is 2. The first kappa shape index (κ1) is 21.8. The van der Waals surface area contributed by atoms with Crippen LogP contribution in [-0.4, -0.2) is 40.4 Å². The van der Waals surface area contributed by atoms with E-state index in [1.807, 2.05) is 12.3 Å². The monoisotopic (exact) mass is 477 g/mol. The highest BCUT2D eigenvalue weighted by atomic mass is 35.5. The lowest BCUT2D eigenvalue weighted by molar-refractivity contribution is -0.640. The fourth-order valence-corrected chi connectivity index (χ4v) is 7.03. The molecule has 0 saturated carbocycles. The minimum atomic E-state index is -0.129. The van der Waals surface area contributed by atoms with Crippen LogP contribution < -0.4 is 10.3 Å². The van der Waals surface area contributed by atoms with E-state index in [2.05, 4.69) is 61.6 Å². The Morgan fingerprint density at radius 3 is 2.94 bits per heavy atom. The first-order chi connectivity index (χ1) is 16.7. The second-order valence-corrected chi connectivity index (χ2v) is 10.6. The summed E-state index contributed by atoms with van der Waals surface area (Å²) in [6.45, 7) is 2.55. The molecule has 0 radical (unpaired) electrons. The highest BCUT2D eigenvalue weighted by molar-refractivity contribution is 6.28. The van der Waals surface area contributed by atoms with E-state index in [-0.39, 0.29) is 23.3 Å². The molecule has 1 unspecified atom stereocenters. The summed E-state index contributed by atoms with van der Waals surface area (Å²) in [6.07, 6.45) is 8.67. The number of H-pyrrole nitrogens is 2. The van der Waals surface area contributed by atoms with E-state index in [0.717, 1.165) is 57.6 Å². The Hall–Kier alpha value is -2.70. The van der Waals surface area contributed by atoms with Crippen LogP contribution in [-0.2, 0) is 16.6 Å². The number of rotatable bonds is 3. The van der Waals surface area contributed by atoms with Crippen LogP contribution in [0.2, 0.25) is 5.15 Å². The van der Waals surface area contributed by atoms with Gasteiger partial charge in [-0.15, -0.1) is 0 Å². The van der Waals surface area contributed by atoms with Gasteiger partial charge in [-0.2, -0.15) is 4.98 Å². The maximum atomic E-state index is 14.3. The van der Waals surface area contributed by atoms with Crippen molar-refractivity contribution in [2.75, 3.05) is 19.6 Å². The van der Waals surface area contributed by atoms with Crippen LogP contribution in [0, 0.1) is 5.92 Å². The zero-order chi connectivity index (χ0) is 23.1. The van der Waals surface area contributed by atoms with Gasteiger partial charge >= 0.3 is 0 Å². The molecule has 2 aliphatic heterocycles. The molecule has 4 N–H and O–H groups in total. The fraction of sp³-hybridized carbons (Fsp3) is 0.444. The van der Waals surface area contributed by atoms with Gasteiger partial charge in [0.2, 0.25) is 5.91 Å². The largest absolute Gasteiger partial charge is 0.347 e. The quantitative estimate of drug-likeness (QED) is 0.569. The lowest BCUT2D eigenvalue weighted by atomic mass is 9.65.